The van der Waals surface area contributed by atoms with Crippen LogP contribution in [0.2, 0.25) is 0 Å². The summed E-state index contributed by atoms with van der Waals surface area (Å²) in [5.41, 5.74) is 0.828. The number of carbonyl (C=O) groups is 2. The lowest BCUT2D eigenvalue weighted by atomic mass is 9.81. The van der Waals surface area contributed by atoms with Crippen molar-refractivity contribution in [2.75, 3.05) is 52.9 Å². The van der Waals surface area contributed by atoms with Crippen molar-refractivity contribution in [3.8, 4) is 0 Å². The lowest BCUT2D eigenvalue weighted by Gasteiger charge is -2.46. The van der Waals surface area contributed by atoms with Crippen LogP contribution in [0, 0.1) is 17.8 Å². The monoisotopic (exact) mass is 618 g/mol. The Balaban J connectivity index is 1.35. The van der Waals surface area contributed by atoms with Gasteiger partial charge in [-0.05, 0) is 64.3 Å². The molecule has 0 bridgehead atoms. The molecule has 2 N–H and O–H groups in total. The lowest BCUT2D eigenvalue weighted by Crippen LogP contribution is -2.57. The molecule has 1 saturated carbocycles. The van der Waals surface area contributed by atoms with Gasteiger partial charge in [-0.25, -0.2) is 0 Å². The third kappa shape index (κ3) is 6.91. The Kier molecular flexibility index (Phi) is 9.89. The molecule has 3 aliphatic heterocycles. The van der Waals surface area contributed by atoms with Gasteiger partial charge in [0.1, 0.15) is 5.70 Å². The summed E-state index contributed by atoms with van der Waals surface area (Å²) in [5, 5.41) is 6.57. The molecule has 44 heavy (non-hydrogen) atoms. The van der Waals surface area contributed by atoms with Crippen molar-refractivity contribution in [2.45, 2.75) is 63.9 Å². The predicted molar refractivity (Wildman–Crippen MR) is 160 cm³/mol. The number of nitrogens with one attached hydrogen (secondary N) is 2. The average Bonchev–Trinajstić information content (AvgIpc) is 3.02. The van der Waals surface area contributed by atoms with Crippen LogP contribution in [0.5, 0.6) is 0 Å². The number of pyridine rings is 1. The number of rotatable bonds is 9. The summed E-state index contributed by atoms with van der Waals surface area (Å²) in [4.78, 5) is 37.8. The molecule has 1 aromatic rings. The number of carbonyl (C=O) groups excluding carboxylic acids is 2. The molecular weight excluding hydrogens is 573 g/mol. The smallest absolute Gasteiger partial charge is 0.363 e. The van der Waals surface area contributed by atoms with Crippen LogP contribution >= 0.6 is 0 Å². The van der Waals surface area contributed by atoms with Crippen molar-refractivity contribution in [3.63, 3.8) is 0 Å². The van der Waals surface area contributed by atoms with Gasteiger partial charge in [-0.2, -0.15) is 13.2 Å². The van der Waals surface area contributed by atoms with Crippen molar-refractivity contribution < 1.29 is 27.5 Å². The minimum Gasteiger partial charge on any atom is -0.363 e. The molecule has 9 nitrogen and oxygen atoms in total. The Labute approximate surface area is 257 Å². The van der Waals surface area contributed by atoms with Crippen LogP contribution in [0.4, 0.5) is 13.2 Å². The first-order valence-corrected chi connectivity index (χ1v) is 15.9. The normalized spacial score (nSPS) is 28.5. The SMILES string of the molecule is CCOC1(c2cccnc2)C=CC(N2CCN(C(=O)C3CCC(C(F)(F)F)CC3)C[C@H]2CC)=C(C(=O)NCC2CN(C)C2)N1. The van der Waals surface area contributed by atoms with Crippen LogP contribution in [0.25, 0.3) is 0 Å². The number of halogens is 3. The topological polar surface area (TPSA) is 90.0 Å². The average molecular weight is 619 g/mol. The van der Waals surface area contributed by atoms with E-state index in [0.717, 1.165) is 30.8 Å². The van der Waals surface area contributed by atoms with Gasteiger partial charge < -0.3 is 30.1 Å². The van der Waals surface area contributed by atoms with Gasteiger partial charge in [-0.15, -0.1) is 0 Å². The first-order chi connectivity index (χ1) is 21.0. The molecule has 3 fully saturated rings. The van der Waals surface area contributed by atoms with Crippen LogP contribution in [-0.4, -0.2) is 96.6 Å². The molecule has 2 atom stereocenters. The maximum absolute atomic E-state index is 13.9. The van der Waals surface area contributed by atoms with Crippen molar-refractivity contribution in [2.24, 2.45) is 17.8 Å². The predicted octanol–water partition coefficient (Wildman–Crippen LogP) is 3.61. The summed E-state index contributed by atoms with van der Waals surface area (Å²) in [6.45, 7) is 8.18. The second-order valence-electron chi connectivity index (χ2n) is 12.6. The molecule has 242 valence electrons. The fraction of sp³-hybridized carbons (Fsp3) is 0.656. The Morgan fingerprint density at radius 2 is 1.89 bits per heavy atom. The van der Waals surface area contributed by atoms with Crippen molar-refractivity contribution in [1.29, 1.82) is 0 Å². The van der Waals surface area contributed by atoms with E-state index in [0.29, 0.717) is 44.4 Å². The van der Waals surface area contributed by atoms with Crippen LogP contribution in [-0.2, 0) is 20.1 Å². The summed E-state index contributed by atoms with van der Waals surface area (Å²) >= 11 is 0. The van der Waals surface area contributed by atoms with Gasteiger partial charge in [0.15, 0.2) is 5.72 Å². The van der Waals surface area contributed by atoms with Gasteiger partial charge in [0.2, 0.25) is 5.91 Å². The highest BCUT2D eigenvalue weighted by Gasteiger charge is 2.44. The van der Waals surface area contributed by atoms with Crippen molar-refractivity contribution >= 4 is 11.8 Å². The number of dihydropyridines is 1. The van der Waals surface area contributed by atoms with Gasteiger partial charge in [0.25, 0.3) is 5.91 Å². The van der Waals surface area contributed by atoms with E-state index in [9.17, 15) is 22.8 Å². The molecule has 12 heteroatoms. The molecule has 4 heterocycles. The van der Waals surface area contributed by atoms with E-state index in [2.05, 4.69) is 32.5 Å². The van der Waals surface area contributed by atoms with E-state index in [4.69, 9.17) is 4.74 Å². The summed E-state index contributed by atoms with van der Waals surface area (Å²) in [6.07, 6.45) is 4.35. The van der Waals surface area contributed by atoms with Crippen LogP contribution < -0.4 is 10.6 Å². The zero-order valence-electron chi connectivity index (χ0n) is 25.9. The third-order valence-corrected chi connectivity index (χ3v) is 9.54. The van der Waals surface area contributed by atoms with E-state index in [1.807, 2.05) is 43.0 Å². The summed E-state index contributed by atoms with van der Waals surface area (Å²) < 4.78 is 45.8. The first kappa shape index (κ1) is 32.3. The molecule has 1 aromatic heterocycles. The van der Waals surface area contributed by atoms with Crippen LogP contribution in [0.1, 0.15) is 51.5 Å². The molecule has 2 amide bonds. The standard InChI is InChI=1S/C32H45F3N6O3/c1-4-26-21-40(30(43)23-8-10-24(11-9-23)32(33,34)35)15-16-41(26)27-12-13-31(44-5-2,25-7-6-14-36-18-25)38-28(27)29(42)37-17-22-19-39(3)20-22/h6-7,12-14,18,22-24,26,38H,4-5,8-11,15-17,19-21H2,1-3H3,(H,37,42)/t23?,24?,26-,31?/m1/s1. The van der Waals surface area contributed by atoms with Gasteiger partial charge in [-0.1, -0.05) is 13.0 Å². The van der Waals surface area contributed by atoms with E-state index in [1.54, 1.807) is 12.4 Å². The largest absolute Gasteiger partial charge is 0.391 e. The van der Waals surface area contributed by atoms with Crippen LogP contribution in [0.3, 0.4) is 0 Å². The highest BCUT2D eigenvalue weighted by atomic mass is 19.4. The maximum atomic E-state index is 13.9. The van der Waals surface area contributed by atoms with Gasteiger partial charge in [-0.3, -0.25) is 14.6 Å². The Bertz CT molecular complexity index is 1230. The number of ether oxygens (including phenoxy) is 1. The van der Waals surface area contributed by atoms with E-state index in [-0.39, 0.29) is 49.5 Å². The van der Waals surface area contributed by atoms with E-state index < -0.39 is 17.8 Å². The number of piperazine rings is 1. The molecule has 1 aliphatic carbocycles. The molecule has 0 spiro atoms. The number of likely N-dealkylation sites (tertiary alicyclic amines) is 1. The number of nitrogens with zero attached hydrogens (tertiary/aromatic N) is 4. The number of alkyl halides is 3. The number of aromatic nitrogens is 1. The number of allylic oxidation sites excluding steroid dienone is 1. The second kappa shape index (κ2) is 13.5. The lowest BCUT2D eigenvalue weighted by molar-refractivity contribution is -0.185. The second-order valence-corrected chi connectivity index (χ2v) is 12.6. The van der Waals surface area contributed by atoms with Gasteiger partial charge in [0, 0.05) is 81.7 Å². The quantitative estimate of drug-likeness (QED) is 0.437. The van der Waals surface area contributed by atoms with E-state index in [1.165, 1.54) is 0 Å². The minimum absolute atomic E-state index is 0.00849. The Hall–Kier alpha value is -3.12. The Morgan fingerprint density at radius 1 is 1.14 bits per heavy atom. The first-order valence-electron chi connectivity index (χ1n) is 15.9. The van der Waals surface area contributed by atoms with Crippen molar-refractivity contribution in [1.82, 2.24) is 30.3 Å². The van der Waals surface area contributed by atoms with E-state index >= 15 is 0 Å². The highest BCUT2D eigenvalue weighted by Crippen LogP contribution is 2.40. The third-order valence-electron chi connectivity index (χ3n) is 9.54. The van der Waals surface area contributed by atoms with Gasteiger partial charge >= 0.3 is 6.18 Å². The molecule has 4 aliphatic rings. The molecular formula is C32H45F3N6O3. The maximum Gasteiger partial charge on any atom is 0.391 e. The summed E-state index contributed by atoms with van der Waals surface area (Å²) in [5.74, 6) is -1.56. The van der Waals surface area contributed by atoms with Crippen molar-refractivity contribution in [3.05, 3.63) is 53.6 Å². The fourth-order valence-corrected chi connectivity index (χ4v) is 7.06. The molecule has 5 rings (SSSR count). The fourth-order valence-electron chi connectivity index (χ4n) is 7.06. The number of hydrogen-bond donors (Lipinski definition) is 2. The minimum atomic E-state index is -4.20. The number of hydrogen-bond acceptors (Lipinski definition) is 7. The van der Waals surface area contributed by atoms with Crippen LogP contribution in [0.15, 0.2) is 48.1 Å². The highest BCUT2D eigenvalue weighted by molar-refractivity contribution is 5.94. The summed E-state index contributed by atoms with van der Waals surface area (Å²) in [6, 6.07) is 3.67. The molecule has 0 aromatic carbocycles. The van der Waals surface area contributed by atoms with Gasteiger partial charge in [0.05, 0.1) is 11.6 Å². The molecule has 0 radical (unpaired) electrons. The zero-order valence-corrected chi connectivity index (χ0v) is 25.9. The zero-order chi connectivity index (χ0) is 31.5. The summed E-state index contributed by atoms with van der Waals surface area (Å²) in [7, 11) is 2.06. The number of amides is 2. The molecule has 1 unspecified atom stereocenters. The Morgan fingerprint density at radius 3 is 2.50 bits per heavy atom. The molecule has 2 saturated heterocycles.